The highest BCUT2D eigenvalue weighted by atomic mass is 127. The van der Waals surface area contributed by atoms with Crippen molar-refractivity contribution in [2.45, 2.75) is 26.8 Å². The molecule has 0 unspecified atom stereocenters. The number of benzene rings is 1. The van der Waals surface area contributed by atoms with Gasteiger partial charge < -0.3 is 10.6 Å². The summed E-state index contributed by atoms with van der Waals surface area (Å²) >= 11 is 0. The third kappa shape index (κ3) is 6.33. The number of aryl methyl sites for hydroxylation is 2. The number of aliphatic imine (C=N–C) groups is 1. The van der Waals surface area contributed by atoms with Crippen molar-refractivity contribution < 1.29 is 0 Å². The molecule has 28 heavy (non-hydrogen) atoms. The van der Waals surface area contributed by atoms with E-state index in [1.165, 1.54) is 16.7 Å². The Morgan fingerprint density at radius 2 is 1.82 bits per heavy atom. The molecule has 0 aliphatic rings. The number of nitrogens with one attached hydrogen (secondary N) is 2. The van der Waals surface area contributed by atoms with Gasteiger partial charge in [-0.15, -0.1) is 24.0 Å². The van der Waals surface area contributed by atoms with Gasteiger partial charge in [-0.2, -0.15) is 0 Å². The van der Waals surface area contributed by atoms with Crippen LogP contribution < -0.4 is 10.6 Å². The van der Waals surface area contributed by atoms with Gasteiger partial charge in [-0.25, -0.2) is 9.97 Å². The second kappa shape index (κ2) is 10.8. The third-order valence-corrected chi connectivity index (χ3v) is 4.25. The van der Waals surface area contributed by atoms with Crippen LogP contribution in [-0.4, -0.2) is 34.1 Å². The summed E-state index contributed by atoms with van der Waals surface area (Å²) in [6.07, 6.45) is 8.14. The van der Waals surface area contributed by atoms with E-state index >= 15 is 0 Å². The predicted octanol–water partition coefficient (Wildman–Crippen LogP) is 3.41. The summed E-state index contributed by atoms with van der Waals surface area (Å²) in [5.74, 6) is 1.64. The molecule has 0 aliphatic heterocycles. The molecule has 0 bridgehead atoms. The molecule has 0 amide bonds. The molecular weight excluding hydrogens is 463 g/mol. The maximum Gasteiger partial charge on any atom is 0.191 e. The molecule has 0 saturated heterocycles. The van der Waals surface area contributed by atoms with Crippen LogP contribution >= 0.6 is 24.0 Å². The van der Waals surface area contributed by atoms with E-state index in [0.29, 0.717) is 6.54 Å². The van der Waals surface area contributed by atoms with Crippen molar-refractivity contribution in [1.82, 2.24) is 25.2 Å². The van der Waals surface area contributed by atoms with Crippen molar-refractivity contribution in [3.8, 4) is 5.82 Å². The van der Waals surface area contributed by atoms with E-state index in [9.17, 15) is 0 Å². The summed E-state index contributed by atoms with van der Waals surface area (Å²) in [4.78, 5) is 12.7. The highest BCUT2D eigenvalue weighted by Crippen LogP contribution is 2.09. The topological polar surface area (TPSA) is 67.1 Å². The van der Waals surface area contributed by atoms with Crippen LogP contribution in [0.4, 0.5) is 0 Å². The Labute approximate surface area is 183 Å². The van der Waals surface area contributed by atoms with Gasteiger partial charge in [-0.3, -0.25) is 9.56 Å². The van der Waals surface area contributed by atoms with Gasteiger partial charge in [0.25, 0.3) is 0 Å². The van der Waals surface area contributed by atoms with E-state index in [2.05, 4.69) is 57.6 Å². The Morgan fingerprint density at radius 1 is 1.04 bits per heavy atom. The maximum atomic E-state index is 4.38. The Bertz CT molecular complexity index is 885. The van der Waals surface area contributed by atoms with Crippen molar-refractivity contribution >= 4 is 29.9 Å². The van der Waals surface area contributed by atoms with Crippen LogP contribution in [0.15, 0.2) is 60.2 Å². The zero-order chi connectivity index (χ0) is 19.1. The second-order valence-electron chi connectivity index (χ2n) is 6.59. The summed E-state index contributed by atoms with van der Waals surface area (Å²) in [7, 11) is 1.79. The third-order valence-electron chi connectivity index (χ3n) is 4.25. The molecule has 3 aromatic rings. The van der Waals surface area contributed by atoms with Crippen molar-refractivity contribution in [3.05, 3.63) is 77.5 Å². The van der Waals surface area contributed by atoms with Crippen molar-refractivity contribution in [2.24, 2.45) is 4.99 Å². The van der Waals surface area contributed by atoms with Gasteiger partial charge in [0.2, 0.25) is 0 Å². The zero-order valence-electron chi connectivity index (χ0n) is 16.5. The minimum absolute atomic E-state index is 0. The first kappa shape index (κ1) is 21.9. The van der Waals surface area contributed by atoms with Gasteiger partial charge in [-0.05, 0) is 43.5 Å². The molecule has 3 rings (SSSR count). The van der Waals surface area contributed by atoms with Gasteiger partial charge in [0.15, 0.2) is 5.96 Å². The second-order valence-corrected chi connectivity index (χ2v) is 6.59. The number of hydrogen-bond acceptors (Lipinski definition) is 3. The molecule has 0 saturated carbocycles. The lowest BCUT2D eigenvalue weighted by Gasteiger charge is -2.13. The molecule has 0 radical (unpaired) electrons. The van der Waals surface area contributed by atoms with Crippen LogP contribution in [0.25, 0.3) is 5.82 Å². The summed E-state index contributed by atoms with van der Waals surface area (Å²) < 4.78 is 1.89. The van der Waals surface area contributed by atoms with Gasteiger partial charge >= 0.3 is 0 Å². The van der Waals surface area contributed by atoms with Crippen molar-refractivity contribution in [1.29, 1.82) is 0 Å². The lowest BCUT2D eigenvalue weighted by Crippen LogP contribution is -2.37. The summed E-state index contributed by atoms with van der Waals surface area (Å²) in [6, 6.07) is 10.7. The number of guanidine groups is 1. The molecule has 7 heteroatoms. The van der Waals surface area contributed by atoms with Crippen LogP contribution in [0.3, 0.4) is 0 Å². The smallest absolute Gasteiger partial charge is 0.191 e. The maximum absolute atomic E-state index is 4.38. The molecule has 1 aromatic carbocycles. The summed E-state index contributed by atoms with van der Waals surface area (Å²) in [6.45, 7) is 5.78. The lowest BCUT2D eigenvalue weighted by atomic mass is 10.1. The summed E-state index contributed by atoms with van der Waals surface area (Å²) in [5, 5.41) is 6.73. The minimum Gasteiger partial charge on any atom is -0.356 e. The SMILES string of the molecule is CN=C(NCCc1cc(C)cc(C)c1)NCc1ccnc(-n2ccnc2)c1.I. The number of imidazole rings is 1. The first-order valence-electron chi connectivity index (χ1n) is 9.09. The van der Waals surface area contributed by atoms with Crippen LogP contribution in [0.5, 0.6) is 0 Å². The molecule has 0 fully saturated rings. The quantitative estimate of drug-likeness (QED) is 0.316. The fourth-order valence-corrected chi connectivity index (χ4v) is 3.05. The fourth-order valence-electron chi connectivity index (χ4n) is 3.05. The van der Waals surface area contributed by atoms with E-state index in [-0.39, 0.29) is 24.0 Å². The Balaban J connectivity index is 0.00000280. The lowest BCUT2D eigenvalue weighted by molar-refractivity contribution is 0.792. The normalized spacial score (nSPS) is 11.0. The van der Waals surface area contributed by atoms with Crippen LogP contribution in [0.1, 0.15) is 22.3 Å². The Morgan fingerprint density at radius 3 is 2.50 bits per heavy atom. The van der Waals surface area contributed by atoms with Crippen molar-refractivity contribution in [2.75, 3.05) is 13.6 Å². The molecule has 6 nitrogen and oxygen atoms in total. The van der Waals surface area contributed by atoms with E-state index in [1.807, 2.05) is 29.1 Å². The Hall–Kier alpha value is -2.42. The van der Waals surface area contributed by atoms with Gasteiger partial charge in [0.05, 0.1) is 0 Å². The van der Waals surface area contributed by atoms with E-state index < -0.39 is 0 Å². The monoisotopic (exact) mass is 490 g/mol. The molecular formula is C21H27IN6. The first-order valence-corrected chi connectivity index (χ1v) is 9.09. The zero-order valence-corrected chi connectivity index (χ0v) is 18.8. The number of nitrogens with zero attached hydrogens (tertiary/aromatic N) is 4. The summed E-state index contributed by atoms with van der Waals surface area (Å²) in [5.41, 5.74) is 5.08. The average molecular weight is 490 g/mol. The molecule has 0 atom stereocenters. The van der Waals surface area contributed by atoms with Crippen LogP contribution in [0, 0.1) is 13.8 Å². The molecule has 0 spiro atoms. The fraction of sp³-hybridized carbons (Fsp3) is 0.286. The predicted molar refractivity (Wildman–Crippen MR) is 125 cm³/mol. The van der Waals surface area contributed by atoms with Gasteiger partial charge in [0, 0.05) is 38.7 Å². The highest BCUT2D eigenvalue weighted by Gasteiger charge is 2.02. The number of hydrogen-bond donors (Lipinski definition) is 2. The number of halogens is 1. The van der Waals surface area contributed by atoms with Crippen LogP contribution in [0.2, 0.25) is 0 Å². The molecule has 2 aromatic heterocycles. The molecule has 2 heterocycles. The molecule has 2 N–H and O–H groups in total. The number of rotatable bonds is 6. The number of pyridine rings is 1. The van der Waals surface area contributed by atoms with Gasteiger partial charge in [0.1, 0.15) is 12.1 Å². The van der Waals surface area contributed by atoms with E-state index in [1.54, 1.807) is 19.6 Å². The largest absolute Gasteiger partial charge is 0.356 e. The standard InChI is InChI=1S/C21H26N6.HI/c1-16-10-17(2)12-18(11-16)4-7-25-21(22-3)26-14-19-5-6-24-20(13-19)27-9-8-23-15-27;/h5-6,8-13,15H,4,7,14H2,1-3H3,(H2,22,25,26);1H. The minimum atomic E-state index is 0. The molecule has 148 valence electrons. The number of aromatic nitrogens is 3. The average Bonchev–Trinajstić information content (AvgIpc) is 3.19. The van der Waals surface area contributed by atoms with E-state index in [4.69, 9.17) is 0 Å². The highest BCUT2D eigenvalue weighted by molar-refractivity contribution is 14.0. The Kier molecular flexibility index (Phi) is 8.43. The molecule has 0 aliphatic carbocycles. The van der Waals surface area contributed by atoms with E-state index in [0.717, 1.165) is 30.3 Å². The van der Waals surface area contributed by atoms with Crippen LogP contribution in [-0.2, 0) is 13.0 Å². The first-order chi connectivity index (χ1) is 13.1. The van der Waals surface area contributed by atoms with Crippen molar-refractivity contribution in [3.63, 3.8) is 0 Å². The van der Waals surface area contributed by atoms with Gasteiger partial charge in [-0.1, -0.05) is 29.3 Å².